The van der Waals surface area contributed by atoms with Crippen molar-refractivity contribution in [1.29, 1.82) is 0 Å². The normalized spacial score (nSPS) is 16.8. The lowest BCUT2D eigenvalue weighted by atomic mass is 9.96. The average molecular weight is 492 g/mol. The number of carbonyl (C=O) groups excluding carboxylic acids is 3. The summed E-state index contributed by atoms with van der Waals surface area (Å²) >= 11 is 0. The molecule has 1 aliphatic rings. The zero-order valence-electron chi connectivity index (χ0n) is 20.7. The van der Waals surface area contributed by atoms with Crippen LogP contribution in [0.5, 0.6) is 11.5 Å². The summed E-state index contributed by atoms with van der Waals surface area (Å²) < 4.78 is 12.0. The first kappa shape index (κ1) is 24.8. The first-order valence-corrected chi connectivity index (χ1v) is 11.4. The molecule has 0 bridgehead atoms. The number of benzene rings is 2. The molecule has 188 valence electrons. The Kier molecular flexibility index (Phi) is 6.96. The van der Waals surface area contributed by atoms with Gasteiger partial charge >= 0.3 is 0 Å². The fourth-order valence-electron chi connectivity index (χ4n) is 4.09. The van der Waals surface area contributed by atoms with E-state index in [2.05, 4.69) is 15.7 Å². The number of amides is 3. The standard InChI is InChI=1S/C26H29N5O5/c1-26(25(34)28-14-17-8-6-5-7-9-17)16-31-21(24(33)30(26)2)13-20(29-31)23(32)27-15-18-12-19(35-3)10-11-22(18)36-4/h5-13H,14-16H2,1-4H3,(H,27,32)(H,28,34)/t26-/m1/s1. The number of nitrogens with zero attached hydrogens (tertiary/aromatic N) is 3. The van der Waals surface area contributed by atoms with Crippen LogP contribution in [0.15, 0.2) is 54.6 Å². The van der Waals surface area contributed by atoms with Gasteiger partial charge in [0, 0.05) is 31.8 Å². The minimum Gasteiger partial charge on any atom is -0.497 e. The minimum atomic E-state index is -1.17. The summed E-state index contributed by atoms with van der Waals surface area (Å²) in [7, 11) is 4.69. The van der Waals surface area contributed by atoms with E-state index in [0.717, 1.165) is 11.1 Å². The van der Waals surface area contributed by atoms with Crippen molar-refractivity contribution in [3.8, 4) is 11.5 Å². The Balaban J connectivity index is 1.48. The maximum atomic E-state index is 13.1. The SMILES string of the molecule is COc1ccc(OC)c(CNC(=O)c2cc3n(n2)C[C@](C)(C(=O)NCc2ccccc2)N(C)C3=O)c1. The van der Waals surface area contributed by atoms with Gasteiger partial charge in [-0.2, -0.15) is 5.10 Å². The van der Waals surface area contributed by atoms with Crippen LogP contribution < -0.4 is 20.1 Å². The number of methoxy groups -OCH3 is 2. The highest BCUT2D eigenvalue weighted by Gasteiger charge is 2.46. The molecule has 2 aromatic carbocycles. The van der Waals surface area contributed by atoms with Crippen LogP contribution >= 0.6 is 0 Å². The molecule has 0 radical (unpaired) electrons. The van der Waals surface area contributed by atoms with Gasteiger partial charge in [0.25, 0.3) is 11.8 Å². The highest BCUT2D eigenvalue weighted by molar-refractivity contribution is 6.01. The molecule has 0 fully saturated rings. The second-order valence-electron chi connectivity index (χ2n) is 8.74. The molecule has 1 aliphatic heterocycles. The molecule has 0 aliphatic carbocycles. The van der Waals surface area contributed by atoms with E-state index in [1.54, 1.807) is 46.4 Å². The van der Waals surface area contributed by atoms with E-state index in [4.69, 9.17) is 9.47 Å². The highest BCUT2D eigenvalue weighted by Crippen LogP contribution is 2.27. The second kappa shape index (κ2) is 10.1. The lowest BCUT2D eigenvalue weighted by Crippen LogP contribution is -2.62. The summed E-state index contributed by atoms with van der Waals surface area (Å²) in [5.74, 6) is 0.0943. The average Bonchev–Trinajstić information content (AvgIpc) is 3.33. The summed E-state index contributed by atoms with van der Waals surface area (Å²) in [5.41, 5.74) is 0.836. The maximum Gasteiger partial charge on any atom is 0.272 e. The first-order valence-electron chi connectivity index (χ1n) is 11.4. The predicted octanol–water partition coefficient (Wildman–Crippen LogP) is 1.99. The number of rotatable bonds is 8. The Morgan fingerprint density at radius 3 is 2.47 bits per heavy atom. The van der Waals surface area contributed by atoms with E-state index in [9.17, 15) is 14.4 Å². The third kappa shape index (κ3) is 4.74. The molecule has 1 atom stereocenters. The van der Waals surface area contributed by atoms with Crippen LogP contribution in [-0.4, -0.2) is 59.2 Å². The van der Waals surface area contributed by atoms with Gasteiger partial charge < -0.3 is 25.0 Å². The van der Waals surface area contributed by atoms with Crippen LogP contribution in [-0.2, 0) is 24.4 Å². The van der Waals surface area contributed by atoms with E-state index >= 15 is 0 Å². The van der Waals surface area contributed by atoms with Gasteiger partial charge in [0.1, 0.15) is 22.7 Å². The molecule has 10 heteroatoms. The van der Waals surface area contributed by atoms with Gasteiger partial charge in [0.15, 0.2) is 5.69 Å². The molecule has 3 amide bonds. The molecule has 1 aromatic heterocycles. The number of nitrogens with one attached hydrogen (secondary N) is 2. The Morgan fingerprint density at radius 1 is 1.03 bits per heavy atom. The van der Waals surface area contributed by atoms with Gasteiger partial charge in [-0.15, -0.1) is 0 Å². The number of hydrogen-bond donors (Lipinski definition) is 2. The van der Waals surface area contributed by atoms with E-state index in [0.29, 0.717) is 18.0 Å². The van der Waals surface area contributed by atoms with Crippen LogP contribution in [0.25, 0.3) is 0 Å². The van der Waals surface area contributed by atoms with Crippen LogP contribution in [0.4, 0.5) is 0 Å². The van der Waals surface area contributed by atoms with E-state index in [-0.39, 0.29) is 36.3 Å². The lowest BCUT2D eigenvalue weighted by Gasteiger charge is -2.40. The molecular weight excluding hydrogens is 462 g/mol. The maximum absolute atomic E-state index is 13.1. The lowest BCUT2D eigenvalue weighted by molar-refractivity contribution is -0.132. The Morgan fingerprint density at radius 2 is 1.78 bits per heavy atom. The van der Waals surface area contributed by atoms with Crippen LogP contribution in [0, 0.1) is 0 Å². The molecule has 2 N–H and O–H groups in total. The largest absolute Gasteiger partial charge is 0.497 e. The molecular formula is C26H29N5O5. The van der Waals surface area contributed by atoms with Gasteiger partial charge in [-0.3, -0.25) is 19.1 Å². The summed E-state index contributed by atoms with van der Waals surface area (Å²) in [5, 5.41) is 10.0. The van der Waals surface area contributed by atoms with Gasteiger partial charge in [-0.05, 0) is 30.7 Å². The number of fused-ring (bicyclic) bond motifs is 1. The number of carbonyl (C=O) groups is 3. The zero-order valence-corrected chi connectivity index (χ0v) is 20.7. The quantitative estimate of drug-likeness (QED) is 0.498. The molecule has 10 nitrogen and oxygen atoms in total. The van der Waals surface area contributed by atoms with Crippen LogP contribution in [0.3, 0.4) is 0 Å². The summed E-state index contributed by atoms with van der Waals surface area (Å²) in [4.78, 5) is 40.5. The summed E-state index contributed by atoms with van der Waals surface area (Å²) in [6.07, 6.45) is 0. The third-order valence-corrected chi connectivity index (χ3v) is 6.45. The number of aromatic nitrogens is 2. The van der Waals surface area contributed by atoms with Gasteiger partial charge in [0.2, 0.25) is 5.91 Å². The third-order valence-electron chi connectivity index (χ3n) is 6.45. The fourth-order valence-corrected chi connectivity index (χ4v) is 4.09. The van der Waals surface area contributed by atoms with E-state index < -0.39 is 11.4 Å². The number of likely N-dealkylation sites (N-methyl/N-ethyl adjacent to an activating group) is 1. The summed E-state index contributed by atoms with van der Waals surface area (Å²) in [6, 6.07) is 16.3. The zero-order chi connectivity index (χ0) is 25.9. The van der Waals surface area contributed by atoms with Crippen molar-refractivity contribution in [3.63, 3.8) is 0 Å². The van der Waals surface area contributed by atoms with Gasteiger partial charge in [-0.1, -0.05) is 30.3 Å². The number of ether oxygens (including phenoxy) is 2. The summed E-state index contributed by atoms with van der Waals surface area (Å²) in [6.45, 7) is 2.31. The Bertz CT molecular complexity index is 1290. The monoisotopic (exact) mass is 491 g/mol. The van der Waals surface area contributed by atoms with Crippen molar-refractivity contribution in [2.75, 3.05) is 21.3 Å². The van der Waals surface area contributed by atoms with Crippen molar-refractivity contribution in [1.82, 2.24) is 25.3 Å². The topological polar surface area (TPSA) is 115 Å². The Hall–Kier alpha value is -4.34. The van der Waals surface area contributed by atoms with Crippen molar-refractivity contribution >= 4 is 17.7 Å². The Labute approximate surface area is 209 Å². The van der Waals surface area contributed by atoms with Gasteiger partial charge in [-0.25, -0.2) is 0 Å². The first-order chi connectivity index (χ1) is 17.3. The second-order valence-corrected chi connectivity index (χ2v) is 8.74. The van der Waals surface area contributed by atoms with Gasteiger partial charge in [0.05, 0.1) is 20.8 Å². The molecule has 0 unspecified atom stereocenters. The molecule has 0 saturated heterocycles. The highest BCUT2D eigenvalue weighted by atomic mass is 16.5. The molecule has 4 rings (SSSR count). The molecule has 36 heavy (non-hydrogen) atoms. The van der Waals surface area contributed by atoms with Crippen molar-refractivity contribution in [2.24, 2.45) is 0 Å². The molecule has 0 spiro atoms. The van der Waals surface area contributed by atoms with Crippen LogP contribution in [0.2, 0.25) is 0 Å². The molecule has 2 heterocycles. The van der Waals surface area contributed by atoms with E-state index in [1.807, 2.05) is 30.3 Å². The van der Waals surface area contributed by atoms with Crippen molar-refractivity contribution in [3.05, 3.63) is 77.1 Å². The van der Waals surface area contributed by atoms with E-state index in [1.165, 1.54) is 15.6 Å². The number of hydrogen-bond acceptors (Lipinski definition) is 6. The van der Waals surface area contributed by atoms with Crippen molar-refractivity contribution in [2.45, 2.75) is 32.1 Å². The molecule has 0 saturated carbocycles. The van der Waals surface area contributed by atoms with Crippen molar-refractivity contribution < 1.29 is 23.9 Å². The molecule has 3 aromatic rings. The smallest absolute Gasteiger partial charge is 0.272 e. The minimum absolute atomic E-state index is 0.0857. The van der Waals surface area contributed by atoms with Crippen LogP contribution in [0.1, 0.15) is 39.0 Å². The fraction of sp³-hybridized carbons (Fsp3) is 0.308. The predicted molar refractivity (Wildman–Crippen MR) is 132 cm³/mol.